The quantitative estimate of drug-likeness (QED) is 0.340. The van der Waals surface area contributed by atoms with Crippen molar-refractivity contribution >= 4 is 21.7 Å². The number of ether oxygens (including phenoxy) is 3. The molecule has 0 saturated carbocycles. The van der Waals surface area contributed by atoms with Gasteiger partial charge in [0.05, 0.1) is 44.0 Å². The van der Waals surface area contributed by atoms with Crippen molar-refractivity contribution in [3.05, 3.63) is 83.9 Å². The highest BCUT2D eigenvalue weighted by Crippen LogP contribution is 2.28. The second-order valence-corrected chi connectivity index (χ2v) is 9.35. The first-order valence-electron chi connectivity index (χ1n) is 10.8. The van der Waals surface area contributed by atoms with Gasteiger partial charge in [-0.15, -0.1) is 5.10 Å². The van der Waals surface area contributed by atoms with Crippen molar-refractivity contribution < 1.29 is 27.4 Å². The van der Waals surface area contributed by atoms with Crippen LogP contribution in [0.3, 0.4) is 0 Å². The normalized spacial score (nSPS) is 11.1. The number of rotatable bonds is 9. The van der Waals surface area contributed by atoms with Gasteiger partial charge in [-0.25, -0.2) is 17.9 Å². The Morgan fingerprint density at radius 3 is 2.47 bits per heavy atom. The Labute approximate surface area is 208 Å². The molecule has 1 aromatic heterocycles. The van der Waals surface area contributed by atoms with E-state index in [0.717, 1.165) is 5.56 Å². The molecule has 0 unspecified atom stereocenters. The van der Waals surface area contributed by atoms with Crippen molar-refractivity contribution in [2.75, 3.05) is 26.1 Å². The summed E-state index contributed by atoms with van der Waals surface area (Å²) in [4.78, 5) is 16.5. The molecule has 0 aliphatic carbocycles. The Balaban J connectivity index is 1.65. The Bertz CT molecular complexity index is 1500. The third-order valence-electron chi connectivity index (χ3n) is 5.23. The van der Waals surface area contributed by atoms with Crippen LogP contribution in [0.25, 0.3) is 17.1 Å². The van der Waals surface area contributed by atoms with E-state index in [1.807, 2.05) is 24.3 Å². The van der Waals surface area contributed by atoms with Crippen molar-refractivity contribution in [2.45, 2.75) is 5.75 Å². The molecule has 186 valence electrons. The van der Waals surface area contributed by atoms with E-state index >= 15 is 0 Å². The average molecular weight is 509 g/mol. The monoisotopic (exact) mass is 508 g/mol. The number of carbonyl (C=O) groups excluding carboxylic acids is 1. The molecule has 4 rings (SSSR count). The maximum atomic E-state index is 13.0. The van der Waals surface area contributed by atoms with Gasteiger partial charge >= 0.3 is 12.0 Å². The molecular formula is C25H24N4O6S. The zero-order chi connectivity index (χ0) is 25.7. The number of nitrogens with one attached hydrogen (secondary N) is 1. The van der Waals surface area contributed by atoms with Crippen LogP contribution >= 0.6 is 0 Å². The molecule has 0 aliphatic rings. The van der Waals surface area contributed by atoms with Gasteiger partial charge < -0.3 is 14.2 Å². The first-order chi connectivity index (χ1) is 17.3. The molecule has 11 heteroatoms. The number of methoxy groups -OCH3 is 3. The minimum atomic E-state index is -3.87. The fourth-order valence-electron chi connectivity index (χ4n) is 3.59. The van der Waals surface area contributed by atoms with Crippen LogP contribution in [0.4, 0.5) is 5.69 Å². The molecule has 10 nitrogen and oxygen atoms in total. The first kappa shape index (κ1) is 24.7. The summed E-state index contributed by atoms with van der Waals surface area (Å²) in [6.07, 6.45) is 0. The third kappa shape index (κ3) is 5.47. The lowest BCUT2D eigenvalue weighted by Gasteiger charge is -2.12. The van der Waals surface area contributed by atoms with E-state index in [9.17, 15) is 13.2 Å². The highest BCUT2D eigenvalue weighted by Gasteiger charge is 2.19. The Hall–Kier alpha value is -4.38. The minimum Gasteiger partial charge on any atom is -0.497 e. The van der Waals surface area contributed by atoms with Gasteiger partial charge in [0.2, 0.25) is 10.0 Å². The Morgan fingerprint density at radius 1 is 0.944 bits per heavy atom. The zero-order valence-electron chi connectivity index (χ0n) is 19.8. The molecule has 0 amide bonds. The molecule has 0 radical (unpaired) electrons. The number of hydrogen-bond donors (Lipinski definition) is 1. The van der Waals surface area contributed by atoms with Gasteiger partial charge in [-0.1, -0.05) is 36.4 Å². The van der Waals surface area contributed by atoms with Gasteiger partial charge in [0.1, 0.15) is 5.75 Å². The third-order valence-corrected chi connectivity index (χ3v) is 6.47. The van der Waals surface area contributed by atoms with Crippen LogP contribution in [0.5, 0.6) is 11.8 Å². The molecule has 36 heavy (non-hydrogen) atoms. The van der Waals surface area contributed by atoms with Crippen molar-refractivity contribution in [3.63, 3.8) is 0 Å². The maximum absolute atomic E-state index is 13.0. The lowest BCUT2D eigenvalue weighted by atomic mass is 10.1. The second-order valence-electron chi connectivity index (χ2n) is 7.63. The van der Waals surface area contributed by atoms with Gasteiger partial charge in [-0.05, 0) is 42.0 Å². The van der Waals surface area contributed by atoms with E-state index in [0.29, 0.717) is 28.5 Å². The SMILES string of the molecule is COC(=O)c1ccccc1CS(=O)(=O)Nc1cccc(-n2nc(OC)nc2-c2cccc(OC)c2)c1. The highest BCUT2D eigenvalue weighted by atomic mass is 32.2. The molecule has 0 saturated heterocycles. The van der Waals surface area contributed by atoms with E-state index < -0.39 is 21.7 Å². The number of hydrogen-bond acceptors (Lipinski definition) is 8. The summed E-state index contributed by atoms with van der Waals surface area (Å²) < 4.78 is 45.3. The molecule has 0 bridgehead atoms. The fourth-order valence-corrected chi connectivity index (χ4v) is 4.80. The second kappa shape index (κ2) is 10.5. The smallest absolute Gasteiger partial charge is 0.338 e. The number of nitrogens with zero attached hydrogens (tertiary/aromatic N) is 3. The fraction of sp³-hybridized carbons (Fsp3) is 0.160. The summed E-state index contributed by atoms with van der Waals surface area (Å²) in [5.41, 5.74) is 2.12. The maximum Gasteiger partial charge on any atom is 0.338 e. The molecule has 4 aromatic rings. The topological polar surface area (TPSA) is 122 Å². The number of carbonyl (C=O) groups is 1. The molecule has 0 fully saturated rings. The van der Waals surface area contributed by atoms with Gasteiger partial charge in [0.15, 0.2) is 5.82 Å². The lowest BCUT2D eigenvalue weighted by Crippen LogP contribution is -2.17. The lowest BCUT2D eigenvalue weighted by molar-refractivity contribution is 0.0600. The Morgan fingerprint density at radius 2 is 1.72 bits per heavy atom. The van der Waals surface area contributed by atoms with Gasteiger partial charge in [0.25, 0.3) is 0 Å². The van der Waals surface area contributed by atoms with Crippen molar-refractivity contribution in [1.29, 1.82) is 0 Å². The molecule has 3 aromatic carbocycles. The van der Waals surface area contributed by atoms with E-state index in [4.69, 9.17) is 14.2 Å². The van der Waals surface area contributed by atoms with Crippen LogP contribution in [0.15, 0.2) is 72.8 Å². The highest BCUT2D eigenvalue weighted by molar-refractivity contribution is 7.91. The summed E-state index contributed by atoms with van der Waals surface area (Å²) in [5.74, 6) is 0.120. The summed E-state index contributed by atoms with van der Waals surface area (Å²) in [6, 6.07) is 20.6. The van der Waals surface area contributed by atoms with E-state index in [-0.39, 0.29) is 11.6 Å². The Kier molecular flexibility index (Phi) is 7.20. The standard InChI is InChI=1S/C25H24N4O6S/c1-33-21-12-6-9-17(14-21)23-26-25(35-3)27-29(23)20-11-7-10-19(15-20)28-36(31,32)16-18-8-4-5-13-22(18)24(30)34-2/h4-15,28H,16H2,1-3H3. The first-order valence-corrected chi connectivity index (χ1v) is 12.4. The van der Waals surface area contributed by atoms with Crippen molar-refractivity contribution in [3.8, 4) is 28.8 Å². The van der Waals surface area contributed by atoms with Crippen molar-refractivity contribution in [2.24, 2.45) is 0 Å². The predicted molar refractivity (Wildman–Crippen MR) is 134 cm³/mol. The largest absolute Gasteiger partial charge is 0.497 e. The summed E-state index contributed by atoms with van der Waals surface area (Å²) in [6.45, 7) is 0. The van der Waals surface area contributed by atoms with Crippen LogP contribution in [0.1, 0.15) is 15.9 Å². The molecule has 0 spiro atoms. The predicted octanol–water partition coefficient (Wildman–Crippen LogP) is 3.68. The van der Waals surface area contributed by atoms with Crippen LogP contribution in [0.2, 0.25) is 0 Å². The van der Waals surface area contributed by atoms with Gasteiger partial charge in [-0.2, -0.15) is 4.98 Å². The minimum absolute atomic E-state index is 0.151. The van der Waals surface area contributed by atoms with Crippen LogP contribution in [-0.4, -0.2) is 50.5 Å². The van der Waals surface area contributed by atoms with Crippen LogP contribution in [-0.2, 0) is 20.5 Å². The number of benzene rings is 3. The molecule has 0 atom stereocenters. The zero-order valence-corrected chi connectivity index (χ0v) is 20.7. The van der Waals surface area contributed by atoms with E-state index in [2.05, 4.69) is 14.8 Å². The van der Waals surface area contributed by atoms with Gasteiger partial charge in [0, 0.05) is 5.56 Å². The van der Waals surface area contributed by atoms with Crippen molar-refractivity contribution in [1.82, 2.24) is 14.8 Å². The van der Waals surface area contributed by atoms with Gasteiger partial charge in [-0.3, -0.25) is 4.72 Å². The number of anilines is 1. The van der Waals surface area contributed by atoms with Crippen LogP contribution in [0, 0.1) is 0 Å². The average Bonchev–Trinajstić information content (AvgIpc) is 3.33. The summed E-state index contributed by atoms with van der Waals surface area (Å²) in [5, 5.41) is 4.39. The van der Waals surface area contributed by atoms with E-state index in [1.165, 1.54) is 20.3 Å². The molecular weight excluding hydrogens is 484 g/mol. The van der Waals surface area contributed by atoms with Crippen LogP contribution < -0.4 is 14.2 Å². The summed E-state index contributed by atoms with van der Waals surface area (Å²) in [7, 11) is 0.417. The number of esters is 1. The number of sulfonamides is 1. The molecule has 1 N–H and O–H groups in total. The van der Waals surface area contributed by atoms with E-state index in [1.54, 1.807) is 54.3 Å². The molecule has 1 heterocycles. The molecule has 0 aliphatic heterocycles. The number of aromatic nitrogens is 3. The summed E-state index contributed by atoms with van der Waals surface area (Å²) >= 11 is 0.